The summed E-state index contributed by atoms with van der Waals surface area (Å²) in [6.45, 7) is 2.57. The number of aryl methyl sites for hydroxylation is 1. The van der Waals surface area contributed by atoms with E-state index >= 15 is 0 Å². The Labute approximate surface area is 115 Å². The molecule has 0 fully saturated rings. The average Bonchev–Trinajstić information content (AvgIpc) is 2.29. The molecule has 0 saturated heterocycles. The Hall–Kier alpha value is -1.33. The highest BCUT2D eigenvalue weighted by molar-refractivity contribution is 5.20. The molecule has 0 aromatic carbocycles. The molecule has 0 bridgehead atoms. The molecule has 1 rings (SSSR count). The van der Waals surface area contributed by atoms with E-state index < -0.39 is 0 Å². The van der Waals surface area contributed by atoms with Gasteiger partial charge in [-0.05, 0) is 47.6 Å². The van der Waals surface area contributed by atoms with Crippen LogP contribution in [0.4, 0.5) is 0 Å². The Morgan fingerprint density at radius 2 is 1.84 bits per heavy atom. The van der Waals surface area contributed by atoms with Crippen LogP contribution in [0.1, 0.15) is 18.5 Å². The summed E-state index contributed by atoms with van der Waals surface area (Å²) >= 11 is 0. The number of nitrogens with zero attached hydrogens (tertiary/aromatic N) is 3. The van der Waals surface area contributed by atoms with Crippen LogP contribution in [0.15, 0.2) is 17.1 Å². The van der Waals surface area contributed by atoms with E-state index in [0.717, 1.165) is 31.6 Å². The molecule has 1 aromatic rings. The number of aromatic nitrogens is 1. The number of pyridine rings is 1. The lowest BCUT2D eigenvalue weighted by Gasteiger charge is -2.17. The summed E-state index contributed by atoms with van der Waals surface area (Å²) in [6.07, 6.45) is 3.68. The minimum Gasteiger partial charge on any atom is -0.503 e. The molecule has 108 valence electrons. The molecule has 0 aliphatic heterocycles. The van der Waals surface area contributed by atoms with Crippen LogP contribution in [-0.2, 0) is 13.1 Å². The molecule has 1 N–H and O–H groups in total. The van der Waals surface area contributed by atoms with Crippen LogP contribution in [0.25, 0.3) is 0 Å². The first kappa shape index (κ1) is 15.7. The van der Waals surface area contributed by atoms with E-state index in [-0.39, 0.29) is 11.2 Å². The van der Waals surface area contributed by atoms with Gasteiger partial charge in [0.15, 0.2) is 5.75 Å². The third kappa shape index (κ3) is 5.44. The zero-order valence-electron chi connectivity index (χ0n) is 12.4. The standard InChI is InChI=1S/C14H25N3O2/c1-15(2)7-5-6-8-17-11-14(19)13(18)9-12(17)10-16(3)4/h9,11,19H,5-8,10H2,1-4H3. The molecule has 0 radical (unpaired) electrons. The Balaban J connectivity index is 2.74. The van der Waals surface area contributed by atoms with Gasteiger partial charge in [0.25, 0.3) is 0 Å². The fourth-order valence-electron chi connectivity index (χ4n) is 1.98. The van der Waals surface area contributed by atoms with Gasteiger partial charge in [0, 0.05) is 24.8 Å². The molecule has 0 atom stereocenters. The predicted molar refractivity (Wildman–Crippen MR) is 77.5 cm³/mol. The van der Waals surface area contributed by atoms with Crippen molar-refractivity contribution in [2.24, 2.45) is 0 Å². The summed E-state index contributed by atoms with van der Waals surface area (Å²) in [5.74, 6) is -0.171. The van der Waals surface area contributed by atoms with Gasteiger partial charge < -0.3 is 19.5 Å². The first-order valence-corrected chi connectivity index (χ1v) is 6.62. The van der Waals surface area contributed by atoms with Crippen LogP contribution >= 0.6 is 0 Å². The van der Waals surface area contributed by atoms with Crippen LogP contribution < -0.4 is 5.43 Å². The van der Waals surface area contributed by atoms with Gasteiger partial charge in [0.2, 0.25) is 5.43 Å². The quantitative estimate of drug-likeness (QED) is 0.748. The van der Waals surface area contributed by atoms with Gasteiger partial charge in [0.05, 0.1) is 6.20 Å². The lowest BCUT2D eigenvalue weighted by molar-refractivity contribution is 0.368. The van der Waals surface area contributed by atoms with Crippen LogP contribution in [0, 0.1) is 0 Å². The van der Waals surface area contributed by atoms with Gasteiger partial charge in [-0.3, -0.25) is 4.79 Å². The molecule has 0 aliphatic carbocycles. The topological polar surface area (TPSA) is 48.7 Å². The van der Waals surface area contributed by atoms with Gasteiger partial charge in [-0.15, -0.1) is 0 Å². The molecule has 0 aliphatic rings. The van der Waals surface area contributed by atoms with E-state index in [1.807, 2.05) is 23.6 Å². The van der Waals surface area contributed by atoms with Crippen molar-refractivity contribution in [3.05, 3.63) is 28.2 Å². The maximum Gasteiger partial charge on any atom is 0.223 e. The number of unbranched alkanes of at least 4 members (excludes halogenated alkanes) is 1. The van der Waals surface area contributed by atoms with Crippen molar-refractivity contribution >= 4 is 0 Å². The SMILES string of the molecule is CN(C)CCCCn1cc(O)c(=O)cc1CN(C)C. The summed E-state index contributed by atoms with van der Waals surface area (Å²) in [7, 11) is 8.05. The third-order valence-electron chi connectivity index (χ3n) is 2.93. The smallest absolute Gasteiger partial charge is 0.223 e. The van der Waals surface area contributed by atoms with Crippen molar-refractivity contribution in [1.29, 1.82) is 0 Å². The largest absolute Gasteiger partial charge is 0.503 e. The van der Waals surface area contributed by atoms with Gasteiger partial charge in [0.1, 0.15) is 0 Å². The molecule has 0 saturated carbocycles. The Bertz CT molecular complexity index is 452. The molecule has 0 unspecified atom stereocenters. The van der Waals surface area contributed by atoms with Gasteiger partial charge in [-0.1, -0.05) is 0 Å². The van der Waals surface area contributed by atoms with E-state index in [1.165, 1.54) is 6.07 Å². The lowest BCUT2D eigenvalue weighted by Crippen LogP contribution is -2.20. The molecule has 5 nitrogen and oxygen atoms in total. The summed E-state index contributed by atoms with van der Waals surface area (Å²) < 4.78 is 1.98. The minimum atomic E-state index is -0.304. The molecule has 5 heteroatoms. The second-order valence-corrected chi connectivity index (χ2v) is 5.46. The predicted octanol–water partition coefficient (Wildman–Crippen LogP) is 0.957. The second kappa shape index (κ2) is 7.31. The fraction of sp³-hybridized carbons (Fsp3) is 0.643. The average molecular weight is 267 g/mol. The molecular formula is C14H25N3O2. The van der Waals surface area contributed by atoms with Crippen molar-refractivity contribution < 1.29 is 5.11 Å². The molecule has 19 heavy (non-hydrogen) atoms. The van der Waals surface area contributed by atoms with Crippen LogP contribution in [0.5, 0.6) is 5.75 Å². The zero-order valence-corrected chi connectivity index (χ0v) is 12.4. The van der Waals surface area contributed by atoms with Crippen LogP contribution in [0.3, 0.4) is 0 Å². The molecule has 1 aromatic heterocycles. The third-order valence-corrected chi connectivity index (χ3v) is 2.93. The second-order valence-electron chi connectivity index (χ2n) is 5.46. The summed E-state index contributed by atoms with van der Waals surface area (Å²) in [6, 6.07) is 1.53. The van der Waals surface area contributed by atoms with Gasteiger partial charge in [-0.2, -0.15) is 0 Å². The molecule has 0 amide bonds. The molecule has 1 heterocycles. The van der Waals surface area contributed by atoms with Gasteiger partial charge in [-0.25, -0.2) is 0 Å². The van der Waals surface area contributed by atoms with Crippen molar-refractivity contribution in [3.63, 3.8) is 0 Å². The summed E-state index contributed by atoms with van der Waals surface area (Å²) in [5, 5.41) is 9.55. The number of hydrogen-bond acceptors (Lipinski definition) is 4. The fourth-order valence-corrected chi connectivity index (χ4v) is 1.98. The lowest BCUT2D eigenvalue weighted by atomic mass is 10.2. The summed E-state index contributed by atoms with van der Waals surface area (Å²) in [5.41, 5.74) is 0.638. The minimum absolute atomic E-state index is 0.171. The van der Waals surface area contributed by atoms with E-state index in [0.29, 0.717) is 6.54 Å². The normalized spacial score (nSPS) is 11.5. The highest BCUT2D eigenvalue weighted by Gasteiger charge is 2.06. The number of hydrogen-bond donors (Lipinski definition) is 1. The highest BCUT2D eigenvalue weighted by atomic mass is 16.3. The monoisotopic (exact) mass is 267 g/mol. The van der Waals surface area contributed by atoms with Gasteiger partial charge >= 0.3 is 0 Å². The Kier molecular flexibility index (Phi) is 6.05. The van der Waals surface area contributed by atoms with E-state index in [1.54, 1.807) is 6.20 Å². The maximum absolute atomic E-state index is 11.5. The van der Waals surface area contributed by atoms with Crippen molar-refractivity contribution in [2.45, 2.75) is 25.9 Å². The van der Waals surface area contributed by atoms with Crippen LogP contribution in [-0.4, -0.2) is 54.2 Å². The Morgan fingerprint density at radius 1 is 1.16 bits per heavy atom. The molecule has 0 spiro atoms. The maximum atomic E-state index is 11.5. The number of rotatable bonds is 7. The van der Waals surface area contributed by atoms with E-state index in [9.17, 15) is 9.90 Å². The van der Waals surface area contributed by atoms with Crippen LogP contribution in [0.2, 0.25) is 0 Å². The van der Waals surface area contributed by atoms with E-state index in [2.05, 4.69) is 19.0 Å². The first-order valence-electron chi connectivity index (χ1n) is 6.62. The zero-order chi connectivity index (χ0) is 14.4. The van der Waals surface area contributed by atoms with Crippen molar-refractivity contribution in [1.82, 2.24) is 14.4 Å². The molecular weight excluding hydrogens is 242 g/mol. The summed E-state index contributed by atoms with van der Waals surface area (Å²) in [4.78, 5) is 15.7. The van der Waals surface area contributed by atoms with Crippen molar-refractivity contribution in [2.75, 3.05) is 34.7 Å². The van der Waals surface area contributed by atoms with Crippen molar-refractivity contribution in [3.8, 4) is 5.75 Å². The Morgan fingerprint density at radius 3 is 2.42 bits per heavy atom. The number of aromatic hydroxyl groups is 1. The first-order chi connectivity index (χ1) is 8.90. The highest BCUT2D eigenvalue weighted by Crippen LogP contribution is 2.09. The van der Waals surface area contributed by atoms with E-state index in [4.69, 9.17) is 0 Å².